The molecule has 0 fully saturated rings. The van der Waals surface area contributed by atoms with Gasteiger partial charge in [-0.05, 0) is 11.1 Å². The van der Waals surface area contributed by atoms with Gasteiger partial charge >= 0.3 is 0 Å². The van der Waals surface area contributed by atoms with Gasteiger partial charge in [0.25, 0.3) is 0 Å². The molecule has 0 heterocycles. The summed E-state index contributed by atoms with van der Waals surface area (Å²) in [5.74, 6) is 0.918. The molecule has 2 rings (SSSR count). The van der Waals surface area contributed by atoms with Crippen molar-refractivity contribution in [2.24, 2.45) is 0 Å². The van der Waals surface area contributed by atoms with Gasteiger partial charge < -0.3 is 5.32 Å². The molecule has 0 radical (unpaired) electrons. The van der Waals surface area contributed by atoms with Crippen molar-refractivity contribution in [1.29, 1.82) is 0 Å². The Morgan fingerprint density at radius 3 is 2.00 bits per heavy atom. The van der Waals surface area contributed by atoms with Crippen molar-refractivity contribution >= 4 is 28.3 Å². The van der Waals surface area contributed by atoms with Gasteiger partial charge in [-0.15, -0.1) is 0 Å². The first-order chi connectivity index (χ1) is 8.84. The minimum Gasteiger partial charge on any atom is -0.367 e. The summed E-state index contributed by atoms with van der Waals surface area (Å²) in [5.41, 5.74) is 2.55. The van der Waals surface area contributed by atoms with Gasteiger partial charge in [0.15, 0.2) is 0 Å². The SMILES string of the molecule is S=C(NCc1ccccc1)SCc1ccccc1.[Fe]. The summed E-state index contributed by atoms with van der Waals surface area (Å²) in [5, 5.41) is 3.26. The summed E-state index contributed by atoms with van der Waals surface area (Å²) in [4.78, 5) is 0. The fourth-order valence-electron chi connectivity index (χ4n) is 1.54. The van der Waals surface area contributed by atoms with Crippen molar-refractivity contribution in [3.8, 4) is 0 Å². The number of thioether (sulfide) groups is 1. The van der Waals surface area contributed by atoms with Crippen LogP contribution in [0.25, 0.3) is 0 Å². The zero-order chi connectivity index (χ0) is 12.6. The quantitative estimate of drug-likeness (QED) is 0.673. The molecule has 4 heteroatoms. The van der Waals surface area contributed by atoms with Crippen LogP contribution in [-0.4, -0.2) is 4.32 Å². The fourth-order valence-corrected chi connectivity index (χ4v) is 2.46. The van der Waals surface area contributed by atoms with Gasteiger partial charge in [-0.3, -0.25) is 0 Å². The molecular formula is C15H15FeNS2. The van der Waals surface area contributed by atoms with E-state index in [9.17, 15) is 0 Å². The number of benzene rings is 2. The van der Waals surface area contributed by atoms with Crippen molar-refractivity contribution in [2.75, 3.05) is 0 Å². The molecule has 0 aliphatic rings. The van der Waals surface area contributed by atoms with E-state index in [0.29, 0.717) is 0 Å². The Bertz CT molecular complexity index is 443. The number of hydrogen-bond donors (Lipinski definition) is 1. The molecule has 0 amide bonds. The van der Waals surface area contributed by atoms with Crippen LogP contribution in [0.5, 0.6) is 0 Å². The Morgan fingerprint density at radius 1 is 0.895 bits per heavy atom. The average molecular weight is 329 g/mol. The van der Waals surface area contributed by atoms with Crippen molar-refractivity contribution in [3.63, 3.8) is 0 Å². The second kappa shape index (κ2) is 9.16. The molecule has 0 saturated carbocycles. The Balaban J connectivity index is 0.00000180. The molecule has 0 atom stereocenters. The first kappa shape index (κ1) is 16.3. The van der Waals surface area contributed by atoms with Crippen molar-refractivity contribution < 1.29 is 17.1 Å². The summed E-state index contributed by atoms with van der Waals surface area (Å²) in [7, 11) is 0. The zero-order valence-corrected chi connectivity index (χ0v) is 13.1. The van der Waals surface area contributed by atoms with E-state index in [1.54, 1.807) is 11.8 Å². The summed E-state index contributed by atoms with van der Waals surface area (Å²) in [6.07, 6.45) is 0. The van der Waals surface area contributed by atoms with E-state index >= 15 is 0 Å². The predicted molar refractivity (Wildman–Crippen MR) is 83.6 cm³/mol. The average Bonchev–Trinajstić information content (AvgIpc) is 2.45. The molecule has 1 N–H and O–H groups in total. The van der Waals surface area contributed by atoms with E-state index in [4.69, 9.17) is 12.2 Å². The van der Waals surface area contributed by atoms with E-state index in [1.165, 1.54) is 11.1 Å². The predicted octanol–water partition coefficient (Wildman–Crippen LogP) is 3.99. The minimum atomic E-state index is 0. The van der Waals surface area contributed by atoms with Crippen LogP contribution in [0.3, 0.4) is 0 Å². The zero-order valence-electron chi connectivity index (χ0n) is 10.4. The number of nitrogens with one attached hydrogen (secondary N) is 1. The van der Waals surface area contributed by atoms with Crippen LogP contribution in [0.2, 0.25) is 0 Å². The fraction of sp³-hybridized carbons (Fsp3) is 0.133. The summed E-state index contributed by atoms with van der Waals surface area (Å²) < 4.78 is 0.850. The molecule has 0 aliphatic heterocycles. The molecule has 19 heavy (non-hydrogen) atoms. The van der Waals surface area contributed by atoms with E-state index in [-0.39, 0.29) is 17.1 Å². The van der Waals surface area contributed by atoms with Crippen molar-refractivity contribution in [2.45, 2.75) is 12.3 Å². The maximum atomic E-state index is 5.30. The second-order valence-electron chi connectivity index (χ2n) is 3.90. The molecule has 0 saturated heterocycles. The van der Waals surface area contributed by atoms with Gasteiger partial charge in [-0.1, -0.05) is 84.6 Å². The van der Waals surface area contributed by atoms with Crippen LogP contribution in [0.1, 0.15) is 11.1 Å². The van der Waals surface area contributed by atoms with E-state index < -0.39 is 0 Å². The van der Waals surface area contributed by atoms with Crippen LogP contribution < -0.4 is 5.32 Å². The van der Waals surface area contributed by atoms with E-state index in [0.717, 1.165) is 16.6 Å². The monoisotopic (exact) mass is 329 g/mol. The molecule has 0 aromatic heterocycles. The number of hydrogen-bond acceptors (Lipinski definition) is 2. The first-order valence-electron chi connectivity index (χ1n) is 5.83. The van der Waals surface area contributed by atoms with Crippen LogP contribution in [0.4, 0.5) is 0 Å². The normalized spacial score (nSPS) is 9.47. The second-order valence-corrected chi connectivity index (χ2v) is 5.55. The Kier molecular flexibility index (Phi) is 7.84. The Labute approximate surface area is 134 Å². The van der Waals surface area contributed by atoms with Gasteiger partial charge in [-0.25, -0.2) is 0 Å². The maximum absolute atomic E-state index is 5.30. The Hall–Kier alpha value is -0.801. The Morgan fingerprint density at radius 2 is 1.42 bits per heavy atom. The summed E-state index contributed by atoms with van der Waals surface area (Å²) in [6.45, 7) is 0.793. The van der Waals surface area contributed by atoms with Gasteiger partial charge in [0.1, 0.15) is 4.32 Å². The molecule has 2 aromatic rings. The smallest absolute Gasteiger partial charge is 0.134 e. The molecular weight excluding hydrogens is 314 g/mol. The minimum absolute atomic E-state index is 0. The molecule has 0 unspecified atom stereocenters. The van der Waals surface area contributed by atoms with Crippen LogP contribution in [0.15, 0.2) is 60.7 Å². The third kappa shape index (κ3) is 6.26. The van der Waals surface area contributed by atoms with Crippen LogP contribution in [0, 0.1) is 0 Å². The van der Waals surface area contributed by atoms with Gasteiger partial charge in [0, 0.05) is 29.4 Å². The molecule has 0 aliphatic carbocycles. The third-order valence-corrected chi connectivity index (χ3v) is 3.87. The number of thiocarbonyl (C=S) groups is 1. The first-order valence-corrected chi connectivity index (χ1v) is 7.22. The maximum Gasteiger partial charge on any atom is 0.134 e. The van der Waals surface area contributed by atoms with Gasteiger partial charge in [-0.2, -0.15) is 0 Å². The van der Waals surface area contributed by atoms with Crippen LogP contribution in [-0.2, 0) is 29.4 Å². The third-order valence-electron chi connectivity index (χ3n) is 2.49. The molecule has 1 nitrogen and oxygen atoms in total. The van der Waals surface area contributed by atoms with Crippen molar-refractivity contribution in [1.82, 2.24) is 5.32 Å². The van der Waals surface area contributed by atoms with E-state index in [2.05, 4.69) is 41.7 Å². The topological polar surface area (TPSA) is 12.0 Å². The largest absolute Gasteiger partial charge is 0.367 e. The summed E-state index contributed by atoms with van der Waals surface area (Å²) >= 11 is 6.97. The molecule has 2 aromatic carbocycles. The van der Waals surface area contributed by atoms with Crippen molar-refractivity contribution in [3.05, 3.63) is 71.8 Å². The molecule has 0 bridgehead atoms. The molecule has 100 valence electrons. The van der Waals surface area contributed by atoms with Gasteiger partial charge in [0.2, 0.25) is 0 Å². The molecule has 0 spiro atoms. The van der Waals surface area contributed by atoms with E-state index in [1.807, 2.05) is 24.3 Å². The van der Waals surface area contributed by atoms with Gasteiger partial charge in [0.05, 0.1) is 0 Å². The summed E-state index contributed by atoms with van der Waals surface area (Å²) in [6, 6.07) is 20.7. The van der Waals surface area contributed by atoms with Crippen LogP contribution >= 0.6 is 24.0 Å². The standard InChI is InChI=1S/C15H15NS2.Fe/c17-15(16-11-13-7-3-1-4-8-13)18-12-14-9-5-2-6-10-14;/h1-10H,11-12H2,(H,16,17);. The number of rotatable bonds is 4.